The number of halogens is 1. The summed E-state index contributed by atoms with van der Waals surface area (Å²) in [5.74, 6) is 0. The fourth-order valence-electron chi connectivity index (χ4n) is 0.888. The van der Waals surface area contributed by atoms with E-state index in [2.05, 4.69) is 5.32 Å². The van der Waals surface area contributed by atoms with Gasteiger partial charge in [-0.25, -0.2) is 4.39 Å². The highest BCUT2D eigenvalue weighted by Gasteiger charge is 2.11. The Kier molecular flexibility index (Phi) is 1.63. The van der Waals surface area contributed by atoms with Gasteiger partial charge in [-0.3, -0.25) is 0 Å². The second kappa shape index (κ2) is 2.26. The lowest BCUT2D eigenvalue weighted by molar-refractivity contribution is 0.406. The maximum absolute atomic E-state index is 11.6. The Labute approximate surface area is 42.9 Å². The molecule has 1 nitrogen and oxygen atoms in total. The number of hydrogen-bond acceptors (Lipinski definition) is 1. The van der Waals surface area contributed by atoms with Crippen LogP contribution in [-0.4, -0.2) is 19.3 Å². The van der Waals surface area contributed by atoms with Gasteiger partial charge in [0.1, 0.15) is 6.67 Å². The van der Waals surface area contributed by atoms with Gasteiger partial charge in [-0.2, -0.15) is 0 Å². The molecule has 0 unspecified atom stereocenters. The smallest absolute Gasteiger partial charge is 0.105 e. The average Bonchev–Trinajstić information content (AvgIpc) is 2.14. The van der Waals surface area contributed by atoms with Gasteiger partial charge in [0.15, 0.2) is 0 Å². The standard InChI is InChI=1S/C5H10FN/c6-4-5-2-1-3-7-5/h5,7H,1-4H2/t5-/m1/s1. The Morgan fingerprint density at radius 1 is 1.71 bits per heavy atom. The van der Waals surface area contributed by atoms with Gasteiger partial charge < -0.3 is 5.32 Å². The normalized spacial score (nSPS) is 31.3. The lowest BCUT2D eigenvalue weighted by Crippen LogP contribution is -2.22. The SMILES string of the molecule is FC[C@H]1CCCN1. The second-order valence-corrected chi connectivity index (χ2v) is 1.95. The van der Waals surface area contributed by atoms with Gasteiger partial charge in [-0.1, -0.05) is 0 Å². The van der Waals surface area contributed by atoms with Gasteiger partial charge in [0.05, 0.1) is 0 Å². The summed E-state index contributed by atoms with van der Waals surface area (Å²) in [6.07, 6.45) is 2.17. The molecule has 2 heteroatoms. The summed E-state index contributed by atoms with van der Waals surface area (Å²) in [6, 6.07) is 0.181. The monoisotopic (exact) mass is 103 g/mol. The van der Waals surface area contributed by atoms with E-state index in [1.54, 1.807) is 0 Å². The van der Waals surface area contributed by atoms with Crippen molar-refractivity contribution in [1.82, 2.24) is 5.32 Å². The average molecular weight is 103 g/mol. The molecule has 1 N–H and O–H groups in total. The topological polar surface area (TPSA) is 12.0 Å². The predicted molar refractivity (Wildman–Crippen MR) is 27.0 cm³/mol. The van der Waals surface area contributed by atoms with Crippen LogP contribution >= 0.6 is 0 Å². The minimum Gasteiger partial charge on any atom is -0.311 e. The molecule has 7 heavy (non-hydrogen) atoms. The van der Waals surface area contributed by atoms with Crippen LogP contribution in [0.2, 0.25) is 0 Å². The molecule has 0 aromatic carbocycles. The van der Waals surface area contributed by atoms with Crippen LogP contribution in [-0.2, 0) is 0 Å². The van der Waals surface area contributed by atoms with E-state index in [0.717, 1.165) is 19.4 Å². The maximum atomic E-state index is 11.6. The number of nitrogens with one attached hydrogen (secondary N) is 1. The van der Waals surface area contributed by atoms with Crippen LogP contribution < -0.4 is 5.32 Å². The highest BCUT2D eigenvalue weighted by Crippen LogP contribution is 2.03. The van der Waals surface area contributed by atoms with E-state index in [4.69, 9.17) is 0 Å². The first-order valence-electron chi connectivity index (χ1n) is 2.73. The molecular formula is C5H10FN. The summed E-state index contributed by atoms with van der Waals surface area (Å²) in [7, 11) is 0. The first-order valence-corrected chi connectivity index (χ1v) is 2.73. The highest BCUT2D eigenvalue weighted by atomic mass is 19.1. The van der Waals surface area contributed by atoms with Crippen LogP contribution in [0.25, 0.3) is 0 Å². The highest BCUT2D eigenvalue weighted by molar-refractivity contribution is 4.72. The van der Waals surface area contributed by atoms with Crippen molar-refractivity contribution in [2.75, 3.05) is 13.2 Å². The van der Waals surface area contributed by atoms with Gasteiger partial charge >= 0.3 is 0 Å². The van der Waals surface area contributed by atoms with Crippen molar-refractivity contribution >= 4 is 0 Å². The molecule has 0 spiro atoms. The summed E-state index contributed by atoms with van der Waals surface area (Å²) in [6.45, 7) is 0.814. The minimum absolute atomic E-state index is 0.181. The maximum Gasteiger partial charge on any atom is 0.105 e. The Hall–Kier alpha value is -0.110. The number of hydrogen-bond donors (Lipinski definition) is 1. The lowest BCUT2D eigenvalue weighted by atomic mass is 10.2. The molecule has 1 aliphatic rings. The van der Waals surface area contributed by atoms with Crippen LogP contribution in [0.1, 0.15) is 12.8 Å². The number of rotatable bonds is 1. The first-order chi connectivity index (χ1) is 3.43. The molecule has 0 saturated carbocycles. The Bertz CT molecular complexity index is 50.0. The van der Waals surface area contributed by atoms with Crippen molar-refractivity contribution in [3.63, 3.8) is 0 Å². The fourth-order valence-corrected chi connectivity index (χ4v) is 0.888. The van der Waals surface area contributed by atoms with Gasteiger partial charge in [0.2, 0.25) is 0 Å². The molecule has 0 bridgehead atoms. The molecule has 1 atom stereocenters. The molecule has 1 aliphatic heterocycles. The fraction of sp³-hybridized carbons (Fsp3) is 1.00. The van der Waals surface area contributed by atoms with E-state index < -0.39 is 0 Å². The molecule has 1 heterocycles. The second-order valence-electron chi connectivity index (χ2n) is 1.95. The summed E-state index contributed by atoms with van der Waals surface area (Å²) in [4.78, 5) is 0. The Morgan fingerprint density at radius 2 is 2.57 bits per heavy atom. The predicted octanol–water partition coefficient (Wildman–Crippen LogP) is 0.708. The zero-order chi connectivity index (χ0) is 5.11. The third-order valence-corrected chi connectivity index (χ3v) is 1.35. The molecular weight excluding hydrogens is 93.1 g/mol. The molecule has 1 fully saturated rings. The van der Waals surface area contributed by atoms with Gasteiger partial charge in [-0.05, 0) is 19.4 Å². The van der Waals surface area contributed by atoms with Crippen LogP contribution in [0.15, 0.2) is 0 Å². The summed E-state index contributed by atoms with van der Waals surface area (Å²) < 4.78 is 11.6. The lowest BCUT2D eigenvalue weighted by Gasteiger charge is -1.99. The van der Waals surface area contributed by atoms with Crippen LogP contribution in [0.5, 0.6) is 0 Å². The summed E-state index contributed by atoms with van der Waals surface area (Å²) in [5, 5.41) is 3.03. The first kappa shape index (κ1) is 5.04. The molecule has 1 saturated heterocycles. The van der Waals surface area contributed by atoms with E-state index in [9.17, 15) is 4.39 Å². The zero-order valence-corrected chi connectivity index (χ0v) is 4.28. The van der Waals surface area contributed by atoms with Crippen LogP contribution in [0.4, 0.5) is 4.39 Å². The van der Waals surface area contributed by atoms with Crippen molar-refractivity contribution in [2.24, 2.45) is 0 Å². The van der Waals surface area contributed by atoms with E-state index >= 15 is 0 Å². The third-order valence-electron chi connectivity index (χ3n) is 1.35. The van der Waals surface area contributed by atoms with Crippen molar-refractivity contribution in [3.05, 3.63) is 0 Å². The van der Waals surface area contributed by atoms with Crippen molar-refractivity contribution in [3.8, 4) is 0 Å². The number of alkyl halides is 1. The Balaban J connectivity index is 2.14. The minimum atomic E-state index is -0.194. The van der Waals surface area contributed by atoms with Crippen molar-refractivity contribution in [1.29, 1.82) is 0 Å². The van der Waals surface area contributed by atoms with Crippen LogP contribution in [0.3, 0.4) is 0 Å². The van der Waals surface area contributed by atoms with E-state index in [1.807, 2.05) is 0 Å². The largest absolute Gasteiger partial charge is 0.311 e. The molecule has 0 amide bonds. The van der Waals surface area contributed by atoms with Crippen molar-refractivity contribution < 1.29 is 4.39 Å². The summed E-state index contributed by atoms with van der Waals surface area (Å²) >= 11 is 0. The quantitative estimate of drug-likeness (QED) is 0.515. The van der Waals surface area contributed by atoms with E-state index in [-0.39, 0.29) is 12.7 Å². The molecule has 0 aromatic heterocycles. The molecule has 0 aliphatic carbocycles. The van der Waals surface area contributed by atoms with Gasteiger partial charge in [0, 0.05) is 6.04 Å². The summed E-state index contributed by atoms with van der Waals surface area (Å²) in [5.41, 5.74) is 0. The molecule has 1 rings (SSSR count). The van der Waals surface area contributed by atoms with E-state index in [1.165, 1.54) is 0 Å². The van der Waals surface area contributed by atoms with E-state index in [0.29, 0.717) is 0 Å². The molecule has 42 valence electrons. The van der Waals surface area contributed by atoms with Crippen molar-refractivity contribution in [2.45, 2.75) is 18.9 Å². The van der Waals surface area contributed by atoms with Gasteiger partial charge in [-0.15, -0.1) is 0 Å². The van der Waals surface area contributed by atoms with Crippen LogP contribution in [0, 0.1) is 0 Å². The molecule has 0 radical (unpaired) electrons. The Morgan fingerprint density at radius 3 is 2.86 bits per heavy atom. The molecule has 0 aromatic rings. The third kappa shape index (κ3) is 1.13. The van der Waals surface area contributed by atoms with Gasteiger partial charge in [0.25, 0.3) is 0 Å². The zero-order valence-electron chi connectivity index (χ0n) is 4.28.